The first-order valence-corrected chi connectivity index (χ1v) is 9.08. The molecule has 0 fully saturated rings. The van der Waals surface area contributed by atoms with Crippen molar-refractivity contribution in [3.05, 3.63) is 93.6 Å². The number of hydrogen-bond donors (Lipinski definition) is 1. The molecule has 3 aromatic rings. The van der Waals surface area contributed by atoms with E-state index in [0.29, 0.717) is 10.9 Å². The Kier molecular flexibility index (Phi) is 4.48. The lowest BCUT2D eigenvalue weighted by Crippen LogP contribution is -2.32. The molecular weight excluding hydrogens is 386 g/mol. The summed E-state index contributed by atoms with van der Waals surface area (Å²) in [6.07, 6.45) is 1.46. The fourth-order valence-corrected chi connectivity index (χ4v) is 3.80. The molecule has 2 aromatic heterocycles. The van der Waals surface area contributed by atoms with Gasteiger partial charge in [-0.15, -0.1) is 11.3 Å². The summed E-state index contributed by atoms with van der Waals surface area (Å²) in [6.45, 7) is 0. The average Bonchev–Trinajstić information content (AvgIpc) is 3.31. The first-order chi connectivity index (χ1) is 13.5. The van der Waals surface area contributed by atoms with E-state index in [1.54, 1.807) is 35.7 Å². The van der Waals surface area contributed by atoms with Crippen molar-refractivity contribution in [2.45, 2.75) is 6.04 Å². The zero-order valence-corrected chi connectivity index (χ0v) is 15.0. The van der Waals surface area contributed by atoms with Gasteiger partial charge in [0.05, 0.1) is 21.8 Å². The van der Waals surface area contributed by atoms with Crippen molar-refractivity contribution < 1.29 is 23.5 Å². The van der Waals surface area contributed by atoms with Gasteiger partial charge in [-0.25, -0.2) is 8.78 Å². The summed E-state index contributed by atoms with van der Waals surface area (Å²) in [4.78, 5) is 31.2. The number of carbonyl (C=O) groups is 2. The Labute approximate surface area is 162 Å². The van der Waals surface area contributed by atoms with Crippen LogP contribution in [0.5, 0.6) is 0 Å². The minimum Gasteiger partial charge on any atom is -0.503 e. The van der Waals surface area contributed by atoms with Crippen LogP contribution in [0.1, 0.15) is 21.4 Å². The van der Waals surface area contributed by atoms with Crippen LogP contribution in [0.25, 0.3) is 0 Å². The summed E-state index contributed by atoms with van der Waals surface area (Å²) in [5.74, 6) is -4.10. The molecule has 0 spiro atoms. The Morgan fingerprint density at radius 3 is 2.61 bits per heavy atom. The Bertz CT molecular complexity index is 1100. The minimum atomic E-state index is -1.15. The average molecular weight is 398 g/mol. The number of hydrogen-bond acceptors (Lipinski definition) is 5. The summed E-state index contributed by atoms with van der Waals surface area (Å²) >= 11 is 1.15. The number of amides is 1. The second-order valence-electron chi connectivity index (χ2n) is 6.00. The lowest BCUT2D eigenvalue weighted by molar-refractivity contribution is -0.117. The number of aliphatic hydroxyl groups excluding tert-OH is 1. The molecule has 1 N–H and O–H groups in total. The number of carbonyl (C=O) groups excluding carboxylic acids is 2. The highest BCUT2D eigenvalue weighted by molar-refractivity contribution is 7.12. The molecule has 1 atom stereocenters. The van der Waals surface area contributed by atoms with Gasteiger partial charge in [0.25, 0.3) is 5.91 Å². The van der Waals surface area contributed by atoms with E-state index in [4.69, 9.17) is 0 Å². The number of ketones is 1. The molecule has 0 bridgehead atoms. The van der Waals surface area contributed by atoms with Crippen molar-refractivity contribution in [2.75, 3.05) is 4.90 Å². The minimum absolute atomic E-state index is 0.199. The lowest BCUT2D eigenvalue weighted by Gasteiger charge is -2.26. The Morgan fingerprint density at radius 1 is 1.14 bits per heavy atom. The predicted octanol–water partition coefficient (Wildman–Crippen LogP) is 4.20. The zero-order chi connectivity index (χ0) is 19.8. The van der Waals surface area contributed by atoms with Crippen LogP contribution >= 0.6 is 11.3 Å². The molecule has 4 rings (SSSR count). The van der Waals surface area contributed by atoms with Gasteiger partial charge in [0.1, 0.15) is 17.7 Å². The molecule has 1 unspecified atom stereocenters. The fraction of sp³-hybridized carbons (Fsp3) is 0.0500. The molecule has 140 valence electrons. The first kappa shape index (κ1) is 18.0. The number of rotatable bonds is 4. The van der Waals surface area contributed by atoms with E-state index in [-0.39, 0.29) is 17.0 Å². The van der Waals surface area contributed by atoms with Gasteiger partial charge in [0, 0.05) is 12.3 Å². The van der Waals surface area contributed by atoms with Gasteiger partial charge in [-0.05, 0) is 35.7 Å². The van der Waals surface area contributed by atoms with Crippen molar-refractivity contribution in [3.63, 3.8) is 0 Å². The topological polar surface area (TPSA) is 70.5 Å². The SMILES string of the molecule is O=C(C1=C(O)C(=O)N(c2ccc(F)cc2F)C1c1ccccn1)c1cccs1. The van der Waals surface area contributed by atoms with Crippen LogP contribution in [-0.2, 0) is 4.79 Å². The molecule has 5 nitrogen and oxygen atoms in total. The van der Waals surface area contributed by atoms with Crippen molar-refractivity contribution in [2.24, 2.45) is 0 Å². The fourth-order valence-electron chi connectivity index (χ4n) is 3.12. The number of Topliss-reactive ketones (excluding diaryl/α,β-unsaturated/α-hetero) is 1. The van der Waals surface area contributed by atoms with Crippen LogP contribution in [-0.4, -0.2) is 21.8 Å². The summed E-state index contributed by atoms with van der Waals surface area (Å²) in [5, 5.41) is 12.2. The lowest BCUT2D eigenvalue weighted by atomic mass is 9.98. The predicted molar refractivity (Wildman–Crippen MR) is 99.1 cm³/mol. The van der Waals surface area contributed by atoms with E-state index in [9.17, 15) is 23.5 Å². The van der Waals surface area contributed by atoms with E-state index in [1.807, 2.05) is 0 Å². The summed E-state index contributed by atoms with van der Waals surface area (Å²) < 4.78 is 27.8. The molecule has 0 saturated carbocycles. The number of thiophene rings is 1. The van der Waals surface area contributed by atoms with E-state index >= 15 is 0 Å². The van der Waals surface area contributed by atoms with Crippen LogP contribution < -0.4 is 4.90 Å². The number of pyridine rings is 1. The molecule has 1 amide bonds. The molecule has 28 heavy (non-hydrogen) atoms. The summed E-state index contributed by atoms with van der Waals surface area (Å²) in [7, 11) is 0. The molecule has 8 heteroatoms. The third-order valence-corrected chi connectivity index (χ3v) is 5.20. The highest BCUT2D eigenvalue weighted by Crippen LogP contribution is 2.42. The number of anilines is 1. The molecule has 0 saturated heterocycles. The molecule has 0 radical (unpaired) electrons. The van der Waals surface area contributed by atoms with Crippen LogP contribution in [0.2, 0.25) is 0 Å². The molecular formula is C20H12F2N2O3S. The van der Waals surface area contributed by atoms with Gasteiger partial charge in [-0.2, -0.15) is 0 Å². The van der Waals surface area contributed by atoms with E-state index in [0.717, 1.165) is 28.4 Å². The number of nitrogens with zero attached hydrogens (tertiary/aromatic N) is 2. The number of aromatic nitrogens is 1. The zero-order valence-electron chi connectivity index (χ0n) is 14.2. The van der Waals surface area contributed by atoms with E-state index in [2.05, 4.69) is 4.98 Å². The van der Waals surface area contributed by atoms with Gasteiger partial charge in [-0.3, -0.25) is 19.5 Å². The first-order valence-electron chi connectivity index (χ1n) is 8.20. The van der Waals surface area contributed by atoms with Crippen molar-refractivity contribution in [1.29, 1.82) is 0 Å². The van der Waals surface area contributed by atoms with Crippen LogP contribution in [0, 0.1) is 11.6 Å². The van der Waals surface area contributed by atoms with Gasteiger partial charge in [0.15, 0.2) is 5.76 Å². The maximum Gasteiger partial charge on any atom is 0.294 e. The Balaban J connectivity index is 1.90. The maximum atomic E-state index is 14.5. The normalized spacial score (nSPS) is 16.7. The van der Waals surface area contributed by atoms with Crippen LogP contribution in [0.4, 0.5) is 14.5 Å². The standard InChI is InChI=1S/C20H12F2N2O3S/c21-11-6-7-14(12(22)10-11)24-17(13-4-1-2-8-23-13)16(19(26)20(24)27)18(25)15-5-3-9-28-15/h1-10,17,26H. The number of benzene rings is 1. The highest BCUT2D eigenvalue weighted by Gasteiger charge is 2.46. The number of halogens is 2. The van der Waals surface area contributed by atoms with Gasteiger partial charge < -0.3 is 5.11 Å². The Hall–Kier alpha value is -3.39. The van der Waals surface area contributed by atoms with Crippen LogP contribution in [0.15, 0.2) is 71.4 Å². The molecule has 0 aliphatic carbocycles. The van der Waals surface area contributed by atoms with Gasteiger partial charge >= 0.3 is 0 Å². The molecule has 1 aromatic carbocycles. The second kappa shape index (κ2) is 6.97. The molecule has 1 aliphatic heterocycles. The monoisotopic (exact) mass is 398 g/mol. The smallest absolute Gasteiger partial charge is 0.294 e. The Morgan fingerprint density at radius 2 is 1.96 bits per heavy atom. The summed E-state index contributed by atoms with van der Waals surface area (Å²) in [6, 6.07) is 9.65. The quantitative estimate of drug-likeness (QED) is 0.669. The largest absolute Gasteiger partial charge is 0.503 e. The van der Waals surface area contributed by atoms with Crippen molar-refractivity contribution >= 4 is 28.7 Å². The second-order valence-corrected chi connectivity index (χ2v) is 6.94. The van der Waals surface area contributed by atoms with Crippen LogP contribution in [0.3, 0.4) is 0 Å². The van der Waals surface area contributed by atoms with Gasteiger partial charge in [-0.1, -0.05) is 12.1 Å². The third-order valence-electron chi connectivity index (χ3n) is 4.33. The van der Waals surface area contributed by atoms with Crippen molar-refractivity contribution in [1.82, 2.24) is 4.98 Å². The number of aliphatic hydroxyl groups is 1. The molecule has 1 aliphatic rings. The molecule has 3 heterocycles. The maximum absolute atomic E-state index is 14.5. The third kappa shape index (κ3) is 2.87. The summed E-state index contributed by atoms with van der Waals surface area (Å²) in [5.41, 5.74) is -0.194. The highest BCUT2D eigenvalue weighted by atomic mass is 32.1. The van der Waals surface area contributed by atoms with E-state index in [1.165, 1.54) is 6.20 Å². The van der Waals surface area contributed by atoms with E-state index < -0.39 is 35.1 Å². The van der Waals surface area contributed by atoms with Crippen molar-refractivity contribution in [3.8, 4) is 0 Å². The van der Waals surface area contributed by atoms with Gasteiger partial charge in [0.2, 0.25) is 5.78 Å².